The smallest absolute Gasteiger partial charge is 0.261 e. The van der Waals surface area contributed by atoms with Crippen molar-refractivity contribution in [3.8, 4) is 0 Å². The van der Waals surface area contributed by atoms with E-state index in [1.807, 2.05) is 0 Å². The second kappa shape index (κ2) is 5.74. The van der Waals surface area contributed by atoms with Gasteiger partial charge in [0, 0.05) is 11.4 Å². The van der Waals surface area contributed by atoms with Crippen LogP contribution in [0.25, 0.3) is 0 Å². The summed E-state index contributed by atoms with van der Waals surface area (Å²) in [6.45, 7) is 4.44. The molecular weight excluding hydrogens is 260 g/mol. The maximum absolute atomic E-state index is 12.1. The molecule has 1 heterocycles. The van der Waals surface area contributed by atoms with Crippen LogP contribution in [-0.2, 0) is 0 Å². The zero-order chi connectivity index (χ0) is 14.0. The molecule has 3 N–H and O–H groups in total. The minimum atomic E-state index is -0.491. The largest absolute Gasteiger partial charge is 0.366 e. The molecule has 1 fully saturated rings. The van der Waals surface area contributed by atoms with E-state index >= 15 is 0 Å². The normalized spacial score (nSPS) is 26.9. The van der Waals surface area contributed by atoms with Crippen LogP contribution in [0.1, 0.15) is 53.1 Å². The molecule has 4 nitrogen and oxygen atoms in total. The van der Waals surface area contributed by atoms with E-state index in [2.05, 4.69) is 19.2 Å². The van der Waals surface area contributed by atoms with Crippen molar-refractivity contribution in [3.05, 3.63) is 21.9 Å². The number of primary amides is 1. The third kappa shape index (κ3) is 3.35. The number of carbonyl (C=O) groups excluding carboxylic acids is 2. The van der Waals surface area contributed by atoms with Crippen LogP contribution in [0.2, 0.25) is 0 Å². The fourth-order valence-corrected chi connectivity index (χ4v) is 3.50. The summed E-state index contributed by atoms with van der Waals surface area (Å²) in [6, 6.07) is 1.81. The molecule has 5 heteroatoms. The summed E-state index contributed by atoms with van der Waals surface area (Å²) >= 11 is 1.26. The minimum absolute atomic E-state index is 0.0936. The van der Waals surface area contributed by atoms with E-state index in [0.29, 0.717) is 16.4 Å². The van der Waals surface area contributed by atoms with Gasteiger partial charge in [0.05, 0.1) is 10.4 Å². The van der Waals surface area contributed by atoms with Crippen molar-refractivity contribution in [2.45, 2.75) is 39.2 Å². The van der Waals surface area contributed by atoms with Gasteiger partial charge in [-0.2, -0.15) is 0 Å². The average Bonchev–Trinajstić information content (AvgIpc) is 2.82. The molecule has 3 atom stereocenters. The SMILES string of the molecule is CC1CCC(NC(=O)c2cc(C(N)=O)cs2)C(C)C1. The topological polar surface area (TPSA) is 72.2 Å². The van der Waals surface area contributed by atoms with Crippen LogP contribution in [0, 0.1) is 11.8 Å². The molecule has 2 amide bonds. The van der Waals surface area contributed by atoms with Gasteiger partial charge in [0.2, 0.25) is 5.91 Å². The summed E-state index contributed by atoms with van der Waals surface area (Å²) in [5.41, 5.74) is 5.59. The second-order valence-corrected chi connectivity index (χ2v) is 6.45. The molecule has 1 aliphatic rings. The standard InChI is InChI=1S/C14H20N2O2S/c1-8-3-4-11(9(2)5-8)16-14(18)12-6-10(7-19-12)13(15)17/h6-9,11H,3-5H2,1-2H3,(H2,15,17)(H,16,18). The average molecular weight is 280 g/mol. The molecule has 0 spiro atoms. The predicted octanol–water partition coefficient (Wildman–Crippen LogP) is 2.40. The molecular formula is C14H20N2O2S. The first-order chi connectivity index (χ1) is 8.97. The number of carbonyl (C=O) groups is 2. The van der Waals surface area contributed by atoms with E-state index in [4.69, 9.17) is 5.73 Å². The molecule has 1 aliphatic carbocycles. The number of nitrogens with two attached hydrogens (primary N) is 1. The quantitative estimate of drug-likeness (QED) is 0.892. The lowest BCUT2D eigenvalue weighted by atomic mass is 9.80. The lowest BCUT2D eigenvalue weighted by molar-refractivity contribution is 0.0903. The van der Waals surface area contributed by atoms with Gasteiger partial charge in [-0.25, -0.2) is 0 Å². The summed E-state index contributed by atoms with van der Waals surface area (Å²) in [5, 5.41) is 4.71. The fraction of sp³-hybridized carbons (Fsp3) is 0.571. The Morgan fingerprint density at radius 3 is 2.68 bits per heavy atom. The molecule has 1 saturated carbocycles. The van der Waals surface area contributed by atoms with Crippen LogP contribution < -0.4 is 11.1 Å². The van der Waals surface area contributed by atoms with Crippen molar-refractivity contribution < 1.29 is 9.59 Å². The summed E-state index contributed by atoms with van der Waals surface area (Å²) in [6.07, 6.45) is 3.34. The maximum atomic E-state index is 12.1. The van der Waals surface area contributed by atoms with Crippen molar-refractivity contribution >= 4 is 23.2 Å². The van der Waals surface area contributed by atoms with Crippen LogP contribution in [0.5, 0.6) is 0 Å². The zero-order valence-electron chi connectivity index (χ0n) is 11.3. The van der Waals surface area contributed by atoms with Crippen LogP contribution in [0.3, 0.4) is 0 Å². The van der Waals surface area contributed by atoms with E-state index < -0.39 is 5.91 Å². The van der Waals surface area contributed by atoms with Gasteiger partial charge in [-0.15, -0.1) is 11.3 Å². The number of thiophene rings is 1. The second-order valence-electron chi connectivity index (χ2n) is 5.54. The maximum Gasteiger partial charge on any atom is 0.261 e. The van der Waals surface area contributed by atoms with Gasteiger partial charge < -0.3 is 11.1 Å². The van der Waals surface area contributed by atoms with Crippen LogP contribution in [0.4, 0.5) is 0 Å². The monoisotopic (exact) mass is 280 g/mol. The van der Waals surface area contributed by atoms with Gasteiger partial charge in [0.1, 0.15) is 0 Å². The predicted molar refractivity (Wildman–Crippen MR) is 76.3 cm³/mol. The van der Waals surface area contributed by atoms with Gasteiger partial charge >= 0.3 is 0 Å². The Balaban J connectivity index is 1.98. The van der Waals surface area contributed by atoms with Crippen molar-refractivity contribution in [2.24, 2.45) is 17.6 Å². The molecule has 0 radical (unpaired) electrons. The van der Waals surface area contributed by atoms with Crippen molar-refractivity contribution in [1.29, 1.82) is 0 Å². The highest BCUT2D eigenvalue weighted by Gasteiger charge is 2.27. The van der Waals surface area contributed by atoms with Gasteiger partial charge in [-0.3, -0.25) is 9.59 Å². The Morgan fingerprint density at radius 1 is 1.37 bits per heavy atom. The Kier molecular flexibility index (Phi) is 4.24. The number of hydrogen-bond donors (Lipinski definition) is 2. The summed E-state index contributed by atoms with van der Waals surface area (Å²) in [4.78, 5) is 23.7. The van der Waals surface area contributed by atoms with Gasteiger partial charge in [-0.1, -0.05) is 13.8 Å². The molecule has 1 aromatic heterocycles. The Morgan fingerprint density at radius 2 is 2.11 bits per heavy atom. The molecule has 0 aliphatic heterocycles. The summed E-state index contributed by atoms with van der Waals surface area (Å²) in [5.74, 6) is 0.661. The lowest BCUT2D eigenvalue weighted by Gasteiger charge is -2.33. The number of amides is 2. The fourth-order valence-electron chi connectivity index (χ4n) is 2.70. The van der Waals surface area contributed by atoms with Crippen LogP contribution in [0.15, 0.2) is 11.4 Å². The molecule has 0 bridgehead atoms. The molecule has 104 valence electrons. The highest BCUT2D eigenvalue weighted by Crippen LogP contribution is 2.29. The zero-order valence-corrected chi connectivity index (χ0v) is 12.1. The van der Waals surface area contributed by atoms with E-state index in [1.54, 1.807) is 11.4 Å². The lowest BCUT2D eigenvalue weighted by Crippen LogP contribution is -2.42. The van der Waals surface area contributed by atoms with Crippen molar-refractivity contribution in [3.63, 3.8) is 0 Å². The first-order valence-corrected chi connectivity index (χ1v) is 7.54. The Bertz CT molecular complexity index is 484. The molecule has 2 rings (SSSR count). The number of rotatable bonds is 3. The Hall–Kier alpha value is -1.36. The van der Waals surface area contributed by atoms with Gasteiger partial charge in [-0.05, 0) is 37.2 Å². The first-order valence-electron chi connectivity index (χ1n) is 6.66. The third-order valence-electron chi connectivity index (χ3n) is 3.86. The molecule has 3 unspecified atom stereocenters. The summed E-state index contributed by atoms with van der Waals surface area (Å²) < 4.78 is 0. The minimum Gasteiger partial charge on any atom is -0.366 e. The number of hydrogen-bond acceptors (Lipinski definition) is 3. The van der Waals surface area contributed by atoms with E-state index in [9.17, 15) is 9.59 Å². The molecule has 0 saturated heterocycles. The summed E-state index contributed by atoms with van der Waals surface area (Å²) in [7, 11) is 0. The number of nitrogens with one attached hydrogen (secondary N) is 1. The molecule has 1 aromatic rings. The van der Waals surface area contributed by atoms with Crippen LogP contribution in [-0.4, -0.2) is 17.9 Å². The van der Waals surface area contributed by atoms with E-state index in [-0.39, 0.29) is 11.9 Å². The van der Waals surface area contributed by atoms with E-state index in [0.717, 1.165) is 25.2 Å². The van der Waals surface area contributed by atoms with Crippen LogP contribution >= 0.6 is 11.3 Å². The Labute approximate surface area is 117 Å². The third-order valence-corrected chi connectivity index (χ3v) is 4.78. The molecule has 19 heavy (non-hydrogen) atoms. The highest BCUT2D eigenvalue weighted by molar-refractivity contribution is 7.12. The van der Waals surface area contributed by atoms with Crippen molar-refractivity contribution in [2.75, 3.05) is 0 Å². The van der Waals surface area contributed by atoms with Crippen molar-refractivity contribution in [1.82, 2.24) is 5.32 Å². The first kappa shape index (κ1) is 14.1. The van der Waals surface area contributed by atoms with Gasteiger partial charge in [0.25, 0.3) is 5.91 Å². The van der Waals surface area contributed by atoms with E-state index in [1.165, 1.54) is 11.3 Å². The van der Waals surface area contributed by atoms with Gasteiger partial charge in [0.15, 0.2) is 0 Å². The molecule has 0 aromatic carbocycles. The highest BCUT2D eigenvalue weighted by atomic mass is 32.1.